The molecule has 0 saturated carbocycles. The fourth-order valence-electron chi connectivity index (χ4n) is 1.64. The van der Waals surface area contributed by atoms with Crippen molar-refractivity contribution >= 4 is 39.5 Å². The molecule has 0 spiro atoms. The van der Waals surface area contributed by atoms with E-state index in [1.165, 1.54) is 23.1 Å². The molecule has 0 saturated heterocycles. The van der Waals surface area contributed by atoms with E-state index >= 15 is 0 Å². The molecule has 0 aliphatic heterocycles. The van der Waals surface area contributed by atoms with Gasteiger partial charge in [0.05, 0.1) is 24.5 Å². The zero-order valence-corrected chi connectivity index (χ0v) is 14.4. The number of pyridine rings is 1. The highest BCUT2D eigenvalue weighted by Gasteiger charge is 2.08. The maximum atomic E-state index is 11.3. The summed E-state index contributed by atoms with van der Waals surface area (Å²) in [5.74, 6) is 0. The highest BCUT2D eigenvalue weighted by molar-refractivity contribution is 8.13. The van der Waals surface area contributed by atoms with Gasteiger partial charge in [-0.2, -0.15) is 4.99 Å². The molecule has 2 aromatic rings. The third kappa shape index (κ3) is 5.22. The van der Waals surface area contributed by atoms with E-state index in [9.17, 15) is 4.79 Å². The largest absolute Gasteiger partial charge is 0.450 e. The van der Waals surface area contributed by atoms with Crippen LogP contribution in [0.3, 0.4) is 0 Å². The number of thiazole rings is 1. The molecule has 0 aliphatic rings. The van der Waals surface area contributed by atoms with Crippen LogP contribution in [0.2, 0.25) is 0 Å². The molecule has 9 heteroatoms. The van der Waals surface area contributed by atoms with Crippen molar-refractivity contribution in [1.82, 2.24) is 15.3 Å². The summed E-state index contributed by atoms with van der Waals surface area (Å²) in [5.41, 5.74) is 7.84. The van der Waals surface area contributed by atoms with Gasteiger partial charge in [-0.3, -0.25) is 0 Å². The summed E-state index contributed by atoms with van der Waals surface area (Å²) < 4.78 is 4.81. The maximum absolute atomic E-state index is 11.3. The zero-order chi connectivity index (χ0) is 16.7. The molecular formula is C14H17N5O2S2. The van der Waals surface area contributed by atoms with Crippen molar-refractivity contribution in [3.05, 3.63) is 29.3 Å². The number of rotatable bonds is 5. The molecule has 2 heterocycles. The maximum Gasteiger partial charge on any atom is 0.407 e. The second-order valence-corrected chi connectivity index (χ2v) is 5.92. The molecule has 0 atom stereocenters. The van der Waals surface area contributed by atoms with E-state index in [0.29, 0.717) is 29.1 Å². The molecule has 0 aliphatic carbocycles. The van der Waals surface area contributed by atoms with Crippen LogP contribution in [-0.4, -0.2) is 34.1 Å². The van der Waals surface area contributed by atoms with Crippen molar-refractivity contribution < 1.29 is 9.53 Å². The standard InChI is InChI=1S/C14H17N5O2S2/c1-3-21-14(20)16-7-9-5-4-6-10(17-9)11-8-23-13(18-11)19-12(15)22-2/h4-6,8H,3,7H2,1-2H3,(H,16,20)(H2,15,18,19). The lowest BCUT2D eigenvalue weighted by atomic mass is 10.2. The predicted molar refractivity (Wildman–Crippen MR) is 94.0 cm³/mol. The first kappa shape index (κ1) is 17.2. The average molecular weight is 351 g/mol. The van der Waals surface area contributed by atoms with Crippen LogP contribution in [0.25, 0.3) is 11.4 Å². The Labute approximate surface area is 142 Å². The van der Waals surface area contributed by atoms with Crippen LogP contribution in [0, 0.1) is 0 Å². The third-order valence-electron chi connectivity index (χ3n) is 2.67. The Hall–Kier alpha value is -2.13. The minimum atomic E-state index is -0.461. The zero-order valence-electron chi connectivity index (χ0n) is 12.8. The summed E-state index contributed by atoms with van der Waals surface area (Å²) in [6, 6.07) is 5.55. The number of nitrogens with zero attached hydrogens (tertiary/aromatic N) is 3. The quantitative estimate of drug-likeness (QED) is 0.634. The van der Waals surface area contributed by atoms with Crippen LogP contribution >= 0.6 is 23.1 Å². The SMILES string of the molecule is CCOC(=O)NCc1cccc(-c2csc(N=C(N)SC)n2)n1. The second kappa shape index (κ2) is 8.49. The molecule has 2 rings (SSSR count). The van der Waals surface area contributed by atoms with Crippen LogP contribution in [0.4, 0.5) is 9.93 Å². The first-order valence-corrected chi connectivity index (χ1v) is 8.93. The minimum absolute atomic E-state index is 0.293. The molecule has 0 radical (unpaired) electrons. The van der Waals surface area contributed by atoms with E-state index in [-0.39, 0.29) is 0 Å². The normalized spacial score (nSPS) is 11.3. The number of ether oxygens (including phenoxy) is 1. The smallest absolute Gasteiger partial charge is 0.407 e. The number of amides is 1. The van der Waals surface area contributed by atoms with Crippen LogP contribution in [0.15, 0.2) is 28.6 Å². The Morgan fingerprint density at radius 1 is 1.43 bits per heavy atom. The Bertz CT molecular complexity index is 702. The molecule has 3 N–H and O–H groups in total. The van der Waals surface area contributed by atoms with Gasteiger partial charge in [0.2, 0.25) is 5.13 Å². The van der Waals surface area contributed by atoms with E-state index < -0.39 is 6.09 Å². The summed E-state index contributed by atoms with van der Waals surface area (Å²) in [5, 5.41) is 5.56. The molecule has 0 bridgehead atoms. The van der Waals surface area contributed by atoms with Gasteiger partial charge in [0.25, 0.3) is 0 Å². The summed E-state index contributed by atoms with van der Waals surface area (Å²) in [6.07, 6.45) is 1.40. The van der Waals surface area contributed by atoms with Gasteiger partial charge in [0, 0.05) is 5.38 Å². The van der Waals surface area contributed by atoms with Gasteiger partial charge in [-0.25, -0.2) is 14.8 Å². The number of amidine groups is 1. The Morgan fingerprint density at radius 2 is 2.26 bits per heavy atom. The van der Waals surface area contributed by atoms with Crippen molar-refractivity contribution in [2.45, 2.75) is 13.5 Å². The lowest BCUT2D eigenvalue weighted by molar-refractivity contribution is 0.151. The van der Waals surface area contributed by atoms with Gasteiger partial charge in [-0.15, -0.1) is 11.3 Å². The minimum Gasteiger partial charge on any atom is -0.450 e. The lowest BCUT2D eigenvalue weighted by Crippen LogP contribution is -2.24. The van der Waals surface area contributed by atoms with Crippen molar-refractivity contribution in [2.75, 3.05) is 12.9 Å². The molecular weight excluding hydrogens is 334 g/mol. The number of carbonyl (C=O) groups excluding carboxylic acids is 1. The van der Waals surface area contributed by atoms with Crippen molar-refractivity contribution in [3.63, 3.8) is 0 Å². The fraction of sp³-hybridized carbons (Fsp3) is 0.286. The molecule has 23 heavy (non-hydrogen) atoms. The van der Waals surface area contributed by atoms with Gasteiger partial charge >= 0.3 is 6.09 Å². The van der Waals surface area contributed by atoms with E-state index in [1.807, 2.05) is 29.8 Å². The highest BCUT2D eigenvalue weighted by atomic mass is 32.2. The highest BCUT2D eigenvalue weighted by Crippen LogP contribution is 2.26. The van der Waals surface area contributed by atoms with E-state index in [0.717, 1.165) is 11.4 Å². The van der Waals surface area contributed by atoms with Crippen LogP contribution in [0.5, 0.6) is 0 Å². The number of carbonyl (C=O) groups is 1. The van der Waals surface area contributed by atoms with Crippen molar-refractivity contribution in [1.29, 1.82) is 0 Å². The van der Waals surface area contributed by atoms with Crippen LogP contribution in [0.1, 0.15) is 12.6 Å². The summed E-state index contributed by atoms with van der Waals surface area (Å²) in [7, 11) is 0. The summed E-state index contributed by atoms with van der Waals surface area (Å²) in [6.45, 7) is 2.38. The van der Waals surface area contributed by atoms with Crippen LogP contribution in [-0.2, 0) is 11.3 Å². The second-order valence-electron chi connectivity index (χ2n) is 4.26. The summed E-state index contributed by atoms with van der Waals surface area (Å²) in [4.78, 5) is 24.4. The summed E-state index contributed by atoms with van der Waals surface area (Å²) >= 11 is 2.76. The number of hydrogen-bond acceptors (Lipinski definition) is 7. The van der Waals surface area contributed by atoms with Gasteiger partial charge in [-0.05, 0) is 25.3 Å². The molecule has 0 fully saturated rings. The van der Waals surface area contributed by atoms with E-state index in [2.05, 4.69) is 20.3 Å². The third-order valence-corrected chi connectivity index (χ3v) is 3.91. The number of alkyl carbamates (subject to hydrolysis) is 1. The number of nitrogens with one attached hydrogen (secondary N) is 1. The van der Waals surface area contributed by atoms with E-state index in [1.54, 1.807) is 6.92 Å². The fourth-order valence-corrected chi connectivity index (χ4v) is 2.57. The molecule has 2 aromatic heterocycles. The van der Waals surface area contributed by atoms with Crippen molar-refractivity contribution in [2.24, 2.45) is 10.7 Å². The molecule has 7 nitrogen and oxygen atoms in total. The number of hydrogen-bond donors (Lipinski definition) is 2. The first-order chi connectivity index (χ1) is 11.1. The van der Waals surface area contributed by atoms with Crippen molar-refractivity contribution in [3.8, 4) is 11.4 Å². The number of aliphatic imine (C=N–C) groups is 1. The van der Waals surface area contributed by atoms with Gasteiger partial charge in [0.15, 0.2) is 5.17 Å². The molecule has 1 amide bonds. The Morgan fingerprint density at radius 3 is 3.00 bits per heavy atom. The van der Waals surface area contributed by atoms with Crippen LogP contribution < -0.4 is 11.1 Å². The number of nitrogens with two attached hydrogens (primary N) is 1. The van der Waals surface area contributed by atoms with Gasteiger partial charge in [0.1, 0.15) is 5.69 Å². The van der Waals surface area contributed by atoms with Gasteiger partial charge < -0.3 is 15.8 Å². The average Bonchev–Trinajstić information content (AvgIpc) is 3.02. The van der Waals surface area contributed by atoms with E-state index in [4.69, 9.17) is 10.5 Å². The van der Waals surface area contributed by atoms with Gasteiger partial charge in [-0.1, -0.05) is 17.8 Å². The predicted octanol–water partition coefficient (Wildman–Crippen LogP) is 2.76. The Balaban J connectivity index is 2.09. The first-order valence-electron chi connectivity index (χ1n) is 6.83. The number of aromatic nitrogens is 2. The molecule has 122 valence electrons. The monoisotopic (exact) mass is 351 g/mol. The Kier molecular flexibility index (Phi) is 6.36. The molecule has 0 aromatic carbocycles. The molecule has 0 unspecified atom stereocenters. The number of thioether (sulfide) groups is 1. The topological polar surface area (TPSA) is 102 Å². The lowest BCUT2D eigenvalue weighted by Gasteiger charge is -2.05.